The highest BCUT2D eigenvalue weighted by Crippen LogP contribution is 2.45. The van der Waals surface area contributed by atoms with Crippen molar-refractivity contribution in [3.63, 3.8) is 0 Å². The Morgan fingerprint density at radius 2 is 1.44 bits per heavy atom. The number of rotatable bonds is 6. The molecule has 1 heterocycles. The molecule has 3 aromatic rings. The molecule has 1 atom stereocenters. The van der Waals surface area contributed by atoms with Crippen molar-refractivity contribution in [3.05, 3.63) is 107 Å². The summed E-state index contributed by atoms with van der Waals surface area (Å²) in [6.07, 6.45) is 1.45. The Kier molecular flexibility index (Phi) is 6.32. The van der Waals surface area contributed by atoms with Gasteiger partial charge in [0.05, 0.1) is 30.4 Å². The van der Waals surface area contributed by atoms with Crippen LogP contribution < -0.4 is 4.74 Å². The molecule has 2 amide bonds. The molecule has 0 bridgehead atoms. The lowest BCUT2D eigenvalue weighted by Crippen LogP contribution is -2.42. The molecule has 0 radical (unpaired) electrons. The smallest absolute Gasteiger partial charge is 0.262 e. The Morgan fingerprint density at radius 1 is 0.912 bits per heavy atom. The van der Waals surface area contributed by atoms with Gasteiger partial charge in [0, 0.05) is 4.48 Å². The second-order valence-corrected chi connectivity index (χ2v) is 8.51. The maximum atomic E-state index is 13.4. The van der Waals surface area contributed by atoms with Crippen molar-refractivity contribution in [3.8, 4) is 17.9 Å². The van der Waals surface area contributed by atoms with E-state index >= 15 is 0 Å². The average molecular weight is 512 g/mol. The van der Waals surface area contributed by atoms with Gasteiger partial charge in [0.1, 0.15) is 11.8 Å². The predicted octanol–water partition coefficient (Wildman–Crippen LogP) is 5.50. The SMILES string of the molecule is COc1ccc(/C(Br)=C\C(C#N)(C#N)C(c2ccccc2)N2C(=O)c3ccccc3C2=O)cc1. The fourth-order valence-corrected chi connectivity index (χ4v) is 4.64. The van der Waals surface area contributed by atoms with Crippen molar-refractivity contribution in [1.82, 2.24) is 4.90 Å². The zero-order valence-electron chi connectivity index (χ0n) is 18.1. The van der Waals surface area contributed by atoms with Crippen LogP contribution >= 0.6 is 15.9 Å². The maximum Gasteiger partial charge on any atom is 0.262 e. The summed E-state index contributed by atoms with van der Waals surface area (Å²) in [7, 11) is 1.56. The largest absolute Gasteiger partial charge is 0.497 e. The number of hydrogen-bond acceptors (Lipinski definition) is 5. The summed E-state index contributed by atoms with van der Waals surface area (Å²) in [5.41, 5.74) is -0.197. The van der Waals surface area contributed by atoms with E-state index in [-0.39, 0.29) is 11.1 Å². The number of halogens is 1. The number of amides is 2. The first-order chi connectivity index (χ1) is 16.5. The Balaban J connectivity index is 1.89. The highest BCUT2D eigenvalue weighted by atomic mass is 79.9. The summed E-state index contributed by atoms with van der Waals surface area (Å²) >= 11 is 3.49. The Labute approximate surface area is 205 Å². The maximum absolute atomic E-state index is 13.4. The number of carbonyl (C=O) groups is 2. The minimum Gasteiger partial charge on any atom is -0.497 e. The summed E-state index contributed by atoms with van der Waals surface area (Å²) in [4.78, 5) is 27.8. The van der Waals surface area contributed by atoms with Gasteiger partial charge in [-0.2, -0.15) is 10.5 Å². The van der Waals surface area contributed by atoms with Gasteiger partial charge in [-0.3, -0.25) is 14.5 Å². The van der Waals surface area contributed by atoms with Crippen LogP contribution in [0.15, 0.2) is 84.9 Å². The monoisotopic (exact) mass is 511 g/mol. The number of carbonyl (C=O) groups excluding carboxylic acids is 2. The molecule has 1 aliphatic heterocycles. The molecule has 1 aliphatic rings. The van der Waals surface area contributed by atoms with E-state index < -0.39 is 23.3 Å². The van der Waals surface area contributed by atoms with Crippen molar-refractivity contribution >= 4 is 32.2 Å². The molecule has 166 valence electrons. The lowest BCUT2D eigenvalue weighted by atomic mass is 9.77. The van der Waals surface area contributed by atoms with Crippen LogP contribution in [0.5, 0.6) is 5.75 Å². The molecule has 0 spiro atoms. The van der Waals surface area contributed by atoms with E-state index in [1.54, 1.807) is 86.0 Å². The van der Waals surface area contributed by atoms with Gasteiger partial charge in [-0.05, 0) is 41.5 Å². The molecule has 0 aromatic heterocycles. The molecule has 0 N–H and O–H groups in total. The van der Waals surface area contributed by atoms with E-state index in [9.17, 15) is 20.1 Å². The summed E-state index contributed by atoms with van der Waals surface area (Å²) in [6, 6.07) is 25.2. The summed E-state index contributed by atoms with van der Waals surface area (Å²) < 4.78 is 5.66. The molecular weight excluding hydrogens is 494 g/mol. The number of hydrogen-bond donors (Lipinski definition) is 0. The molecule has 0 fully saturated rings. The van der Waals surface area contributed by atoms with Gasteiger partial charge in [0.25, 0.3) is 11.8 Å². The zero-order valence-corrected chi connectivity index (χ0v) is 19.7. The fourth-order valence-electron chi connectivity index (χ4n) is 4.02. The van der Waals surface area contributed by atoms with Gasteiger partial charge in [-0.25, -0.2) is 0 Å². The quantitative estimate of drug-likeness (QED) is 0.407. The predicted molar refractivity (Wildman–Crippen MR) is 130 cm³/mol. The molecule has 0 saturated carbocycles. The third-order valence-corrected chi connectivity index (χ3v) is 6.41. The lowest BCUT2D eigenvalue weighted by molar-refractivity contribution is 0.0534. The minimum atomic E-state index is -1.88. The van der Waals surface area contributed by atoms with Gasteiger partial charge in [0.2, 0.25) is 0 Å². The number of benzene rings is 3. The standard InChI is InChI=1S/C27H18BrN3O3/c1-34-20-13-11-18(12-14-20)23(28)15-27(16-29,17-30)24(19-7-3-2-4-8-19)31-25(32)21-9-5-6-10-22(21)26(31)33/h2-15,24H,1H3/b23-15+. The Bertz CT molecular complexity index is 1320. The first-order valence-corrected chi connectivity index (χ1v) is 11.1. The van der Waals surface area contributed by atoms with Crippen molar-refractivity contribution in [2.75, 3.05) is 7.11 Å². The number of fused-ring (bicyclic) bond motifs is 1. The van der Waals surface area contributed by atoms with Gasteiger partial charge in [-0.15, -0.1) is 0 Å². The van der Waals surface area contributed by atoms with Crippen molar-refractivity contribution in [2.45, 2.75) is 6.04 Å². The zero-order chi connectivity index (χ0) is 24.3. The summed E-state index contributed by atoms with van der Waals surface area (Å²) in [5.74, 6) is -0.430. The Morgan fingerprint density at radius 3 is 1.94 bits per heavy atom. The van der Waals surface area contributed by atoms with Gasteiger partial charge >= 0.3 is 0 Å². The van der Waals surface area contributed by atoms with Crippen LogP contribution in [0.1, 0.15) is 37.9 Å². The summed E-state index contributed by atoms with van der Waals surface area (Å²) in [5, 5.41) is 20.7. The highest BCUT2D eigenvalue weighted by Gasteiger charge is 2.50. The van der Waals surface area contributed by atoms with Crippen LogP contribution in [-0.2, 0) is 0 Å². The molecule has 0 aliphatic carbocycles. The van der Waals surface area contributed by atoms with E-state index in [0.29, 0.717) is 21.4 Å². The minimum absolute atomic E-state index is 0.247. The van der Waals surface area contributed by atoms with E-state index in [2.05, 4.69) is 28.1 Å². The summed E-state index contributed by atoms with van der Waals surface area (Å²) in [6.45, 7) is 0. The first kappa shape index (κ1) is 23.0. The average Bonchev–Trinajstić information content (AvgIpc) is 3.14. The number of ether oxygens (including phenoxy) is 1. The molecule has 0 saturated heterocycles. The normalized spacial score (nSPS) is 14.2. The Hall–Kier alpha value is -4.20. The molecule has 4 rings (SSSR count). The highest BCUT2D eigenvalue weighted by molar-refractivity contribution is 9.15. The topological polar surface area (TPSA) is 94.2 Å². The number of nitrogens with zero attached hydrogens (tertiary/aromatic N) is 3. The third-order valence-electron chi connectivity index (χ3n) is 5.72. The van der Waals surface area contributed by atoms with Crippen LogP contribution in [0.3, 0.4) is 0 Å². The van der Waals surface area contributed by atoms with Crippen molar-refractivity contribution < 1.29 is 14.3 Å². The lowest BCUT2D eigenvalue weighted by Gasteiger charge is -2.34. The van der Waals surface area contributed by atoms with Crippen molar-refractivity contribution in [1.29, 1.82) is 10.5 Å². The third kappa shape index (κ3) is 3.87. The van der Waals surface area contributed by atoms with E-state index in [1.807, 2.05) is 0 Å². The molecule has 3 aromatic carbocycles. The van der Waals surface area contributed by atoms with Gasteiger partial charge < -0.3 is 4.74 Å². The molecule has 34 heavy (non-hydrogen) atoms. The molecule has 6 nitrogen and oxygen atoms in total. The second-order valence-electron chi connectivity index (χ2n) is 7.65. The van der Waals surface area contributed by atoms with Crippen LogP contribution in [0.25, 0.3) is 4.48 Å². The molecule has 1 unspecified atom stereocenters. The number of nitriles is 2. The van der Waals surface area contributed by atoms with Crippen LogP contribution in [0.4, 0.5) is 0 Å². The fraction of sp³-hybridized carbons (Fsp3) is 0.111. The van der Waals surface area contributed by atoms with E-state index in [1.165, 1.54) is 6.08 Å². The molecule has 7 heteroatoms. The second kappa shape index (κ2) is 9.35. The van der Waals surface area contributed by atoms with E-state index in [0.717, 1.165) is 4.90 Å². The molecular formula is C27H18BrN3O3. The van der Waals surface area contributed by atoms with Gasteiger partial charge in [-0.1, -0.05) is 70.5 Å². The number of methoxy groups -OCH3 is 1. The van der Waals surface area contributed by atoms with Crippen LogP contribution in [0, 0.1) is 28.1 Å². The van der Waals surface area contributed by atoms with Crippen molar-refractivity contribution in [2.24, 2.45) is 5.41 Å². The first-order valence-electron chi connectivity index (χ1n) is 10.3. The van der Waals surface area contributed by atoms with Crippen LogP contribution in [-0.4, -0.2) is 23.8 Å². The number of imide groups is 1. The van der Waals surface area contributed by atoms with E-state index in [4.69, 9.17) is 4.74 Å². The van der Waals surface area contributed by atoms with Gasteiger partial charge in [0.15, 0.2) is 5.41 Å². The van der Waals surface area contributed by atoms with Crippen LogP contribution in [0.2, 0.25) is 0 Å².